The van der Waals surface area contributed by atoms with Crippen molar-refractivity contribution in [2.24, 2.45) is 5.11 Å². The number of carbonyl (C=O) groups is 1. The van der Waals surface area contributed by atoms with Crippen molar-refractivity contribution in [2.75, 3.05) is 52.7 Å². The Hall–Kier alpha value is -1.39. The van der Waals surface area contributed by atoms with Crippen LogP contribution in [0.15, 0.2) is 29.4 Å². The maximum absolute atomic E-state index is 11.8. The van der Waals surface area contributed by atoms with Crippen molar-refractivity contribution >= 4 is 28.5 Å². The summed E-state index contributed by atoms with van der Waals surface area (Å²) in [7, 11) is 0. The van der Waals surface area contributed by atoms with Gasteiger partial charge in [0, 0.05) is 27.1 Å². The van der Waals surface area contributed by atoms with Gasteiger partial charge < -0.3 is 19.5 Å². The Morgan fingerprint density at radius 2 is 1.62 bits per heavy atom. The van der Waals surface area contributed by atoms with Gasteiger partial charge in [-0.05, 0) is 52.4 Å². The third-order valence-electron chi connectivity index (χ3n) is 2.78. The van der Waals surface area contributed by atoms with E-state index in [9.17, 15) is 4.79 Å². The number of halogens is 1. The molecule has 132 valence electrons. The lowest BCUT2D eigenvalue weighted by Gasteiger charge is -2.07. The van der Waals surface area contributed by atoms with Gasteiger partial charge in [-0.25, -0.2) is 0 Å². The summed E-state index contributed by atoms with van der Waals surface area (Å²) in [6.07, 6.45) is 0. The summed E-state index contributed by atoms with van der Waals surface area (Å²) >= 11 is 2.19. The first-order chi connectivity index (χ1) is 11.7. The molecule has 0 aliphatic carbocycles. The zero-order valence-electron chi connectivity index (χ0n) is 13.3. The van der Waals surface area contributed by atoms with E-state index in [1.165, 1.54) is 0 Å². The molecule has 0 unspecified atom stereocenters. The van der Waals surface area contributed by atoms with Crippen molar-refractivity contribution in [2.45, 2.75) is 0 Å². The summed E-state index contributed by atoms with van der Waals surface area (Å²) < 4.78 is 16.9. The molecular formula is C15H21IN4O4. The quantitative estimate of drug-likeness (QED) is 0.164. The summed E-state index contributed by atoms with van der Waals surface area (Å²) in [5.74, 6) is -0.107. The average Bonchev–Trinajstić information content (AvgIpc) is 2.59. The molecule has 0 aliphatic heterocycles. The molecule has 0 spiro atoms. The third kappa shape index (κ3) is 10.4. The van der Waals surface area contributed by atoms with E-state index >= 15 is 0 Å². The molecular weight excluding hydrogens is 427 g/mol. The van der Waals surface area contributed by atoms with Crippen LogP contribution in [-0.4, -0.2) is 58.6 Å². The van der Waals surface area contributed by atoms with Gasteiger partial charge in [0.05, 0.1) is 39.6 Å². The van der Waals surface area contributed by atoms with Crippen LogP contribution in [0, 0.1) is 3.57 Å². The molecule has 0 aromatic heterocycles. The van der Waals surface area contributed by atoms with Crippen LogP contribution in [0.5, 0.6) is 0 Å². The maximum atomic E-state index is 11.8. The standard InChI is InChI=1S/C15H21IN4O4/c16-14-3-1-13(2-4-14)15(21)18-5-7-22-9-11-24-12-10-23-8-6-19-20-17/h1-4H,5-12H2,(H,18,21). The van der Waals surface area contributed by atoms with Crippen LogP contribution in [0.1, 0.15) is 10.4 Å². The molecule has 1 amide bonds. The molecule has 0 fully saturated rings. The number of carbonyl (C=O) groups excluding carboxylic acids is 1. The van der Waals surface area contributed by atoms with E-state index in [4.69, 9.17) is 19.7 Å². The lowest BCUT2D eigenvalue weighted by Crippen LogP contribution is -2.27. The highest BCUT2D eigenvalue weighted by Gasteiger charge is 2.03. The minimum atomic E-state index is -0.107. The van der Waals surface area contributed by atoms with Gasteiger partial charge in [-0.15, -0.1) is 0 Å². The lowest BCUT2D eigenvalue weighted by molar-refractivity contribution is 0.0166. The molecule has 0 aliphatic rings. The summed E-state index contributed by atoms with van der Waals surface area (Å²) in [4.78, 5) is 14.4. The molecule has 9 heteroatoms. The minimum absolute atomic E-state index is 0.107. The number of hydrogen-bond acceptors (Lipinski definition) is 5. The summed E-state index contributed by atoms with van der Waals surface area (Å²) in [5, 5.41) is 6.14. The summed E-state index contributed by atoms with van der Waals surface area (Å²) in [5.41, 5.74) is 8.70. The first kappa shape index (κ1) is 20.7. The van der Waals surface area contributed by atoms with Gasteiger partial charge in [0.25, 0.3) is 5.91 Å². The molecule has 8 nitrogen and oxygen atoms in total. The second kappa shape index (κ2) is 14.0. The number of benzene rings is 1. The van der Waals surface area contributed by atoms with E-state index in [0.29, 0.717) is 58.3 Å². The van der Waals surface area contributed by atoms with Gasteiger partial charge in [-0.3, -0.25) is 4.79 Å². The van der Waals surface area contributed by atoms with Gasteiger partial charge in [0.15, 0.2) is 0 Å². The predicted molar refractivity (Wildman–Crippen MR) is 98.0 cm³/mol. The Kier molecular flexibility index (Phi) is 12.0. The molecule has 0 bridgehead atoms. The van der Waals surface area contributed by atoms with Crippen molar-refractivity contribution in [3.8, 4) is 0 Å². The zero-order valence-corrected chi connectivity index (χ0v) is 15.5. The predicted octanol–water partition coefficient (Wildman–Crippen LogP) is 2.38. The highest BCUT2D eigenvalue weighted by Crippen LogP contribution is 2.06. The molecule has 0 radical (unpaired) electrons. The Morgan fingerprint density at radius 3 is 2.25 bits per heavy atom. The van der Waals surface area contributed by atoms with Crippen LogP contribution in [0.25, 0.3) is 10.4 Å². The topological polar surface area (TPSA) is 106 Å². The largest absolute Gasteiger partial charge is 0.379 e. The molecule has 1 rings (SSSR count). The smallest absolute Gasteiger partial charge is 0.251 e. The highest BCUT2D eigenvalue weighted by molar-refractivity contribution is 14.1. The second-order valence-electron chi connectivity index (χ2n) is 4.55. The number of azide groups is 1. The summed E-state index contributed by atoms with van der Waals surface area (Å²) in [6, 6.07) is 7.37. The minimum Gasteiger partial charge on any atom is -0.379 e. The molecule has 0 atom stereocenters. The van der Waals surface area contributed by atoms with Gasteiger partial charge in [-0.1, -0.05) is 5.11 Å². The third-order valence-corrected chi connectivity index (χ3v) is 3.50. The van der Waals surface area contributed by atoms with Crippen molar-refractivity contribution in [3.05, 3.63) is 43.8 Å². The normalized spacial score (nSPS) is 10.2. The van der Waals surface area contributed by atoms with E-state index in [-0.39, 0.29) is 5.91 Å². The fourth-order valence-corrected chi connectivity index (χ4v) is 1.99. The van der Waals surface area contributed by atoms with Crippen LogP contribution in [0.3, 0.4) is 0 Å². The number of nitrogens with zero attached hydrogens (tertiary/aromatic N) is 3. The van der Waals surface area contributed by atoms with E-state index in [1.54, 1.807) is 12.1 Å². The number of nitrogens with one attached hydrogen (secondary N) is 1. The fraction of sp³-hybridized carbons (Fsp3) is 0.533. The van der Waals surface area contributed by atoms with Crippen LogP contribution >= 0.6 is 22.6 Å². The lowest BCUT2D eigenvalue weighted by atomic mass is 10.2. The first-order valence-corrected chi connectivity index (χ1v) is 8.60. The Morgan fingerprint density at radius 1 is 1.04 bits per heavy atom. The van der Waals surface area contributed by atoms with Gasteiger partial charge in [0.1, 0.15) is 0 Å². The molecule has 0 saturated carbocycles. The number of amides is 1. The van der Waals surface area contributed by atoms with Gasteiger partial charge in [-0.2, -0.15) is 0 Å². The van der Waals surface area contributed by atoms with E-state index < -0.39 is 0 Å². The van der Waals surface area contributed by atoms with E-state index in [1.807, 2.05) is 12.1 Å². The molecule has 1 aromatic rings. The number of ether oxygens (including phenoxy) is 3. The first-order valence-electron chi connectivity index (χ1n) is 7.52. The van der Waals surface area contributed by atoms with Crippen molar-refractivity contribution in [1.29, 1.82) is 0 Å². The van der Waals surface area contributed by atoms with Crippen molar-refractivity contribution in [3.63, 3.8) is 0 Å². The Balaban J connectivity index is 1.89. The van der Waals surface area contributed by atoms with Crippen LogP contribution in [-0.2, 0) is 14.2 Å². The molecule has 0 heterocycles. The monoisotopic (exact) mass is 448 g/mol. The van der Waals surface area contributed by atoms with Crippen LogP contribution in [0.4, 0.5) is 0 Å². The molecule has 1 N–H and O–H groups in total. The fourth-order valence-electron chi connectivity index (χ4n) is 1.63. The molecule has 1 aromatic carbocycles. The Labute approximate surface area is 154 Å². The Bertz CT molecular complexity index is 521. The zero-order chi connectivity index (χ0) is 17.5. The molecule has 24 heavy (non-hydrogen) atoms. The molecule has 0 saturated heterocycles. The summed E-state index contributed by atoms with van der Waals surface area (Å²) in [6.45, 7) is 3.44. The maximum Gasteiger partial charge on any atom is 0.251 e. The van der Waals surface area contributed by atoms with Gasteiger partial charge >= 0.3 is 0 Å². The van der Waals surface area contributed by atoms with Gasteiger partial charge in [0.2, 0.25) is 0 Å². The van der Waals surface area contributed by atoms with E-state index in [0.717, 1.165) is 3.57 Å². The number of hydrogen-bond donors (Lipinski definition) is 1. The van der Waals surface area contributed by atoms with E-state index in [2.05, 4.69) is 37.9 Å². The second-order valence-corrected chi connectivity index (χ2v) is 5.80. The highest BCUT2D eigenvalue weighted by atomic mass is 127. The van der Waals surface area contributed by atoms with Crippen LogP contribution in [0.2, 0.25) is 0 Å². The van der Waals surface area contributed by atoms with Crippen molar-refractivity contribution in [1.82, 2.24) is 5.32 Å². The van der Waals surface area contributed by atoms with Crippen molar-refractivity contribution < 1.29 is 19.0 Å². The van der Waals surface area contributed by atoms with Crippen LogP contribution < -0.4 is 5.32 Å². The number of rotatable bonds is 13. The SMILES string of the molecule is [N-]=[N+]=NCCOCCOCCOCCNC(=O)c1ccc(I)cc1. The average molecular weight is 448 g/mol.